The molecule has 41 heavy (non-hydrogen) atoms. The maximum absolute atomic E-state index is 12.0. The van der Waals surface area contributed by atoms with Crippen LogP contribution >= 0.6 is 0 Å². The van der Waals surface area contributed by atoms with E-state index in [0.717, 1.165) is 38.5 Å². The zero-order chi connectivity index (χ0) is 30.2. The molecule has 0 saturated heterocycles. The number of esters is 2. The molecule has 5 saturated carbocycles. The Morgan fingerprint density at radius 1 is 0.878 bits per heavy atom. The molecule has 0 heterocycles. The SMILES string of the molecule is C=C(C)[C@@H]1CC[C@]2([C@H](O)C#CC(=O)OC)CC[C@]3(C)[C@H](CC[C@@H]4[C@@]5(C)CC[C@H](OC(C)=O)C(C)(C)[C@@H]5CC[C@]43C)[C@@H]12. The van der Waals surface area contributed by atoms with Crippen molar-refractivity contribution in [2.45, 2.75) is 125 Å². The van der Waals surface area contributed by atoms with Gasteiger partial charge in [-0.3, -0.25) is 4.79 Å². The number of fused-ring (bicyclic) bond motifs is 7. The highest BCUT2D eigenvalue weighted by Crippen LogP contribution is 2.77. The van der Waals surface area contributed by atoms with Gasteiger partial charge in [-0.05, 0) is 117 Å². The Hall–Kier alpha value is -1.80. The largest absolute Gasteiger partial charge is 0.462 e. The van der Waals surface area contributed by atoms with Gasteiger partial charge in [0, 0.05) is 23.7 Å². The number of ether oxygens (including phenoxy) is 2. The molecule has 5 aliphatic carbocycles. The summed E-state index contributed by atoms with van der Waals surface area (Å²) in [6.07, 6.45) is 9.95. The minimum atomic E-state index is -0.836. The fraction of sp³-hybridized carbons (Fsp3) is 0.833. The maximum Gasteiger partial charge on any atom is 0.384 e. The first-order valence-corrected chi connectivity index (χ1v) is 16.2. The quantitative estimate of drug-likeness (QED) is 0.171. The van der Waals surface area contributed by atoms with Crippen molar-refractivity contribution in [2.75, 3.05) is 7.11 Å². The van der Waals surface area contributed by atoms with Crippen LogP contribution in [0.25, 0.3) is 0 Å². The lowest BCUT2D eigenvalue weighted by molar-refractivity contribution is -0.253. The van der Waals surface area contributed by atoms with E-state index in [9.17, 15) is 14.7 Å². The van der Waals surface area contributed by atoms with E-state index < -0.39 is 12.1 Å². The molecule has 0 aromatic heterocycles. The van der Waals surface area contributed by atoms with Crippen LogP contribution in [0.3, 0.4) is 0 Å². The predicted molar refractivity (Wildman–Crippen MR) is 160 cm³/mol. The van der Waals surface area contributed by atoms with Crippen molar-refractivity contribution in [3.63, 3.8) is 0 Å². The highest BCUT2D eigenvalue weighted by Gasteiger charge is 2.71. The molecular weight excluding hydrogens is 512 g/mol. The summed E-state index contributed by atoms with van der Waals surface area (Å²) in [7, 11) is 1.33. The monoisotopic (exact) mass is 566 g/mol. The van der Waals surface area contributed by atoms with Crippen LogP contribution in [0.2, 0.25) is 0 Å². The molecule has 0 amide bonds. The average Bonchev–Trinajstić information content (AvgIpc) is 3.30. The number of rotatable bonds is 3. The van der Waals surface area contributed by atoms with E-state index in [4.69, 9.17) is 9.47 Å². The van der Waals surface area contributed by atoms with Crippen molar-refractivity contribution in [1.29, 1.82) is 0 Å². The summed E-state index contributed by atoms with van der Waals surface area (Å²) in [5.74, 6) is 7.08. The number of carbonyl (C=O) groups excluding carboxylic acids is 2. The van der Waals surface area contributed by atoms with Crippen molar-refractivity contribution in [3.05, 3.63) is 12.2 Å². The molecule has 11 atom stereocenters. The number of hydrogen-bond donors (Lipinski definition) is 1. The molecule has 5 nitrogen and oxygen atoms in total. The Morgan fingerprint density at radius 2 is 1.59 bits per heavy atom. The zero-order valence-corrected chi connectivity index (χ0v) is 26.9. The van der Waals surface area contributed by atoms with Gasteiger partial charge in [-0.15, -0.1) is 0 Å². The molecular formula is C36H54O5. The molecule has 0 spiro atoms. The van der Waals surface area contributed by atoms with Gasteiger partial charge >= 0.3 is 11.9 Å². The number of hydrogen-bond acceptors (Lipinski definition) is 5. The van der Waals surface area contributed by atoms with Gasteiger partial charge in [0.05, 0.1) is 7.11 Å². The van der Waals surface area contributed by atoms with Crippen LogP contribution in [-0.4, -0.2) is 36.4 Å². The van der Waals surface area contributed by atoms with Crippen LogP contribution < -0.4 is 0 Å². The van der Waals surface area contributed by atoms with Crippen LogP contribution in [0.4, 0.5) is 0 Å². The van der Waals surface area contributed by atoms with Gasteiger partial charge in [0.15, 0.2) is 0 Å². The molecule has 228 valence electrons. The van der Waals surface area contributed by atoms with Crippen LogP contribution in [0.1, 0.15) is 113 Å². The zero-order valence-electron chi connectivity index (χ0n) is 26.9. The van der Waals surface area contributed by atoms with Crippen LogP contribution in [-0.2, 0) is 19.1 Å². The summed E-state index contributed by atoms with van der Waals surface area (Å²) in [5.41, 5.74) is 1.44. The van der Waals surface area contributed by atoms with E-state index in [1.54, 1.807) is 6.92 Å². The first kappa shape index (κ1) is 30.7. The second-order valence-corrected chi connectivity index (χ2v) is 16.0. The molecule has 0 aromatic rings. The lowest BCUT2D eigenvalue weighted by atomic mass is 9.32. The summed E-state index contributed by atoms with van der Waals surface area (Å²) < 4.78 is 10.7. The van der Waals surface area contributed by atoms with Gasteiger partial charge in [0.25, 0.3) is 0 Å². The van der Waals surface area contributed by atoms with Gasteiger partial charge in [-0.2, -0.15) is 0 Å². The number of carbonyl (C=O) groups is 2. The molecule has 5 aliphatic rings. The molecule has 5 rings (SSSR count). The Balaban J connectivity index is 1.51. The lowest BCUT2D eigenvalue weighted by Gasteiger charge is -2.73. The lowest BCUT2D eigenvalue weighted by Crippen LogP contribution is -2.67. The third-order valence-corrected chi connectivity index (χ3v) is 14.4. The van der Waals surface area contributed by atoms with Crippen LogP contribution in [0, 0.1) is 68.5 Å². The minimum Gasteiger partial charge on any atom is -0.462 e. The van der Waals surface area contributed by atoms with Crippen molar-refractivity contribution in [3.8, 4) is 11.8 Å². The van der Waals surface area contributed by atoms with Gasteiger partial charge in [0.1, 0.15) is 12.2 Å². The molecule has 0 unspecified atom stereocenters. The fourth-order valence-electron chi connectivity index (χ4n) is 12.4. The summed E-state index contributed by atoms with van der Waals surface area (Å²) in [5, 5.41) is 11.6. The molecule has 0 aromatic carbocycles. The molecule has 0 bridgehead atoms. The van der Waals surface area contributed by atoms with Gasteiger partial charge in [-0.25, -0.2) is 4.79 Å². The summed E-state index contributed by atoms with van der Waals surface area (Å²) in [4.78, 5) is 23.8. The Bertz CT molecular complexity index is 1160. The summed E-state index contributed by atoms with van der Waals surface area (Å²) >= 11 is 0. The van der Waals surface area contributed by atoms with Crippen molar-refractivity contribution in [2.24, 2.45) is 56.7 Å². The predicted octanol–water partition coefficient (Wildman–Crippen LogP) is 7.11. The molecule has 5 heteroatoms. The Kier molecular flexibility index (Phi) is 7.58. The summed E-state index contributed by atoms with van der Waals surface area (Å²) in [6, 6.07) is 0. The topological polar surface area (TPSA) is 72.8 Å². The van der Waals surface area contributed by atoms with Crippen molar-refractivity contribution in [1.82, 2.24) is 0 Å². The third-order valence-electron chi connectivity index (χ3n) is 14.4. The van der Waals surface area contributed by atoms with Crippen LogP contribution in [0.5, 0.6) is 0 Å². The highest BCUT2D eigenvalue weighted by molar-refractivity contribution is 5.88. The van der Waals surface area contributed by atoms with E-state index in [0.29, 0.717) is 29.6 Å². The van der Waals surface area contributed by atoms with E-state index >= 15 is 0 Å². The first-order valence-electron chi connectivity index (χ1n) is 16.2. The van der Waals surface area contributed by atoms with E-state index in [1.807, 2.05) is 0 Å². The number of aliphatic hydroxyl groups excluding tert-OH is 1. The number of allylic oxidation sites excluding steroid dienone is 1. The van der Waals surface area contributed by atoms with E-state index in [2.05, 4.69) is 60.0 Å². The third kappa shape index (κ3) is 4.28. The van der Waals surface area contributed by atoms with Gasteiger partial charge in [-0.1, -0.05) is 52.7 Å². The van der Waals surface area contributed by atoms with Crippen molar-refractivity contribution < 1.29 is 24.2 Å². The van der Waals surface area contributed by atoms with Crippen LogP contribution in [0.15, 0.2) is 12.2 Å². The highest BCUT2D eigenvalue weighted by atomic mass is 16.5. The number of aliphatic hydroxyl groups is 1. The Morgan fingerprint density at radius 3 is 2.22 bits per heavy atom. The van der Waals surface area contributed by atoms with E-state index in [1.165, 1.54) is 38.4 Å². The molecule has 5 fully saturated rings. The average molecular weight is 567 g/mol. The van der Waals surface area contributed by atoms with Crippen molar-refractivity contribution >= 4 is 11.9 Å². The van der Waals surface area contributed by atoms with Gasteiger partial charge in [0.2, 0.25) is 0 Å². The second kappa shape index (κ2) is 10.1. The minimum absolute atomic E-state index is 0.00736. The maximum atomic E-state index is 12.0. The molecule has 1 N–H and O–H groups in total. The molecule has 0 aliphatic heterocycles. The normalized spacial score (nSPS) is 46.8. The van der Waals surface area contributed by atoms with E-state index in [-0.39, 0.29) is 39.1 Å². The fourth-order valence-corrected chi connectivity index (χ4v) is 12.4. The smallest absolute Gasteiger partial charge is 0.384 e. The number of methoxy groups -OCH3 is 1. The Labute approximate surface area is 248 Å². The second-order valence-electron chi connectivity index (χ2n) is 16.0. The molecule has 0 radical (unpaired) electrons. The standard InChI is InChI=1S/C36H54O5/c1-22(2)24-14-19-36(28(38)12-13-30(39)40-9)21-20-34(7)25(31(24)36)10-11-27-33(6)17-16-29(41-23(3)37)32(4,5)26(33)15-18-35(27,34)8/h24-29,31,38H,1,10-11,14-21H2,2-9H3/t24-,25+,26-,27+,28+,29-,31+,33-,34+,35+,36+/m0/s1. The summed E-state index contributed by atoms with van der Waals surface area (Å²) in [6.45, 7) is 20.6. The van der Waals surface area contributed by atoms with Gasteiger partial charge < -0.3 is 14.6 Å². The first-order chi connectivity index (χ1) is 19.1.